The highest BCUT2D eigenvalue weighted by molar-refractivity contribution is 5.89. The number of nitrogens with two attached hydrogens (primary N) is 1. The fourth-order valence-electron chi connectivity index (χ4n) is 1.12. The summed E-state index contributed by atoms with van der Waals surface area (Å²) >= 11 is 0. The molecule has 25 heavy (non-hydrogen) atoms. The van der Waals surface area contributed by atoms with Crippen molar-refractivity contribution in [3.05, 3.63) is 0 Å². The van der Waals surface area contributed by atoms with Crippen molar-refractivity contribution < 1.29 is 19.7 Å². The van der Waals surface area contributed by atoms with Crippen LogP contribution in [0, 0.1) is 10.8 Å². The summed E-state index contributed by atoms with van der Waals surface area (Å²) in [4.78, 5) is 24.1. The number of amidine groups is 1. The standard InChI is InChI=1S/C14H26N6O4.CH4/c1-13(2,11(16)18-8-6-10(21)22)19-20-14(3,4)12(17)24-23-9-5-7-15;/h7,15,17H,5-6,8-9H2,1-4H3,(H2,16,18)(H,21,22);1H4. The van der Waals surface area contributed by atoms with Gasteiger partial charge in [-0.2, -0.15) is 15.1 Å². The first-order chi connectivity index (χ1) is 11.0. The molecule has 144 valence electrons. The average molecular weight is 358 g/mol. The van der Waals surface area contributed by atoms with Gasteiger partial charge in [0.15, 0.2) is 5.54 Å². The van der Waals surface area contributed by atoms with Gasteiger partial charge in [0, 0.05) is 6.42 Å². The number of azo groups is 1. The van der Waals surface area contributed by atoms with E-state index in [9.17, 15) is 4.79 Å². The van der Waals surface area contributed by atoms with Gasteiger partial charge in [0.25, 0.3) is 5.90 Å². The van der Waals surface area contributed by atoms with Gasteiger partial charge in [-0.1, -0.05) is 7.43 Å². The maximum Gasteiger partial charge on any atom is 0.305 e. The van der Waals surface area contributed by atoms with Crippen molar-refractivity contribution >= 4 is 23.9 Å². The van der Waals surface area contributed by atoms with Gasteiger partial charge in [0.1, 0.15) is 11.4 Å². The molecule has 10 heteroatoms. The predicted molar refractivity (Wildman–Crippen MR) is 96.7 cm³/mol. The molecule has 0 aromatic heterocycles. The normalized spacial score (nSPS) is 12.6. The zero-order chi connectivity index (χ0) is 18.8. The van der Waals surface area contributed by atoms with Gasteiger partial charge < -0.3 is 21.1 Å². The van der Waals surface area contributed by atoms with Crippen molar-refractivity contribution in [1.29, 1.82) is 10.8 Å². The molecule has 0 spiro atoms. The van der Waals surface area contributed by atoms with Crippen LogP contribution < -0.4 is 5.73 Å². The van der Waals surface area contributed by atoms with E-state index < -0.39 is 17.0 Å². The van der Waals surface area contributed by atoms with E-state index in [4.69, 9.17) is 31.4 Å². The smallest absolute Gasteiger partial charge is 0.305 e. The Morgan fingerprint density at radius 1 is 1.24 bits per heavy atom. The molecule has 0 bridgehead atoms. The number of hydrogen-bond donors (Lipinski definition) is 4. The Balaban J connectivity index is 0. The minimum absolute atomic E-state index is 0. The van der Waals surface area contributed by atoms with Crippen LogP contribution in [0.3, 0.4) is 0 Å². The first kappa shape index (κ1) is 24.9. The van der Waals surface area contributed by atoms with Gasteiger partial charge in [-0.3, -0.25) is 15.2 Å². The van der Waals surface area contributed by atoms with E-state index in [2.05, 4.69) is 15.2 Å². The fraction of sp³-hybridized carbons (Fsp3) is 0.733. The Kier molecular flexibility index (Phi) is 11.2. The van der Waals surface area contributed by atoms with Gasteiger partial charge in [-0.15, -0.1) is 0 Å². The number of carbonyl (C=O) groups is 1. The summed E-state index contributed by atoms with van der Waals surface area (Å²) in [5.74, 6) is -1.05. The molecule has 0 heterocycles. The van der Waals surface area contributed by atoms with Crippen molar-refractivity contribution in [3.63, 3.8) is 0 Å². The molecule has 5 N–H and O–H groups in total. The minimum atomic E-state index is -1.08. The van der Waals surface area contributed by atoms with Gasteiger partial charge in [0.05, 0.1) is 19.6 Å². The number of nitrogens with zero attached hydrogens (tertiary/aromatic N) is 3. The molecule has 0 unspecified atom stereocenters. The zero-order valence-electron chi connectivity index (χ0n) is 14.5. The van der Waals surface area contributed by atoms with E-state index in [0.717, 1.165) is 0 Å². The summed E-state index contributed by atoms with van der Waals surface area (Å²) in [5.41, 5.74) is 3.80. The first-order valence-electron chi connectivity index (χ1n) is 7.36. The summed E-state index contributed by atoms with van der Waals surface area (Å²) in [6.45, 7) is 6.81. The Labute approximate surface area is 148 Å². The Bertz CT molecular complexity index is 514. The van der Waals surface area contributed by atoms with Gasteiger partial charge in [0.2, 0.25) is 0 Å². The zero-order valence-corrected chi connectivity index (χ0v) is 14.5. The molecule has 0 aliphatic rings. The molecule has 0 radical (unpaired) electrons. The van der Waals surface area contributed by atoms with Crippen LogP contribution in [-0.2, 0) is 14.6 Å². The molecule has 0 amide bonds. The molecule has 0 aliphatic carbocycles. The quantitative estimate of drug-likeness (QED) is 0.111. The second-order valence-corrected chi connectivity index (χ2v) is 5.96. The molecule has 0 rings (SSSR count). The Hall–Kier alpha value is -2.36. The molecule has 0 aromatic rings. The summed E-state index contributed by atoms with van der Waals surface area (Å²) in [6, 6.07) is 0. The lowest BCUT2D eigenvalue weighted by Gasteiger charge is -2.22. The maximum atomic E-state index is 10.5. The number of aliphatic carboxylic acids is 1. The highest BCUT2D eigenvalue weighted by Crippen LogP contribution is 2.18. The van der Waals surface area contributed by atoms with Gasteiger partial charge in [-0.25, -0.2) is 0 Å². The number of carboxylic acid groups (broad SMARTS) is 1. The van der Waals surface area contributed by atoms with Crippen LogP contribution in [0.5, 0.6) is 0 Å². The number of nitrogens with one attached hydrogen (secondary N) is 2. The van der Waals surface area contributed by atoms with Crippen LogP contribution in [0.2, 0.25) is 0 Å². The molecule has 0 aromatic carbocycles. The Morgan fingerprint density at radius 2 is 1.80 bits per heavy atom. The molecule has 0 aliphatic heterocycles. The van der Waals surface area contributed by atoms with Crippen molar-refractivity contribution in [1.82, 2.24) is 0 Å². The SMILES string of the molecule is C.CC(C)(N=NC(C)(C)C(N)=NCCC(=O)O)C(=N)OOCCC=N. The maximum absolute atomic E-state index is 10.5. The van der Waals surface area contributed by atoms with E-state index >= 15 is 0 Å². The van der Waals surface area contributed by atoms with Crippen LogP contribution in [0.4, 0.5) is 0 Å². The number of hydrogen-bond acceptors (Lipinski definition) is 8. The number of carboxylic acids is 1. The molecular weight excluding hydrogens is 328 g/mol. The van der Waals surface area contributed by atoms with E-state index in [1.807, 2.05) is 0 Å². The van der Waals surface area contributed by atoms with Gasteiger partial charge >= 0.3 is 5.97 Å². The average Bonchev–Trinajstić information content (AvgIpc) is 2.49. The van der Waals surface area contributed by atoms with E-state index in [1.54, 1.807) is 27.7 Å². The van der Waals surface area contributed by atoms with Crippen LogP contribution in [0.25, 0.3) is 0 Å². The van der Waals surface area contributed by atoms with Crippen LogP contribution in [0.1, 0.15) is 48.0 Å². The van der Waals surface area contributed by atoms with Crippen LogP contribution in [-0.4, -0.2) is 53.3 Å². The lowest BCUT2D eigenvalue weighted by atomic mass is 10.1. The van der Waals surface area contributed by atoms with Crippen molar-refractivity contribution in [2.24, 2.45) is 21.0 Å². The van der Waals surface area contributed by atoms with Crippen molar-refractivity contribution in [3.8, 4) is 0 Å². The Morgan fingerprint density at radius 3 is 2.32 bits per heavy atom. The lowest BCUT2D eigenvalue weighted by molar-refractivity contribution is -0.224. The van der Waals surface area contributed by atoms with E-state index in [1.165, 1.54) is 6.21 Å². The third kappa shape index (κ3) is 10.2. The first-order valence-corrected chi connectivity index (χ1v) is 7.36. The second-order valence-electron chi connectivity index (χ2n) is 5.96. The number of aliphatic imine (C=N–C) groups is 1. The predicted octanol–water partition coefficient (Wildman–Crippen LogP) is 2.43. The summed E-state index contributed by atoms with van der Waals surface area (Å²) in [5, 5.41) is 31.4. The molecule has 0 atom stereocenters. The topological polar surface area (TPSA) is 167 Å². The molecule has 0 saturated carbocycles. The van der Waals surface area contributed by atoms with Crippen molar-refractivity contribution in [2.75, 3.05) is 13.2 Å². The fourth-order valence-corrected chi connectivity index (χ4v) is 1.12. The molecular formula is C15H30N6O4. The third-order valence-corrected chi connectivity index (χ3v) is 2.83. The van der Waals surface area contributed by atoms with Crippen molar-refractivity contribution in [2.45, 2.75) is 59.0 Å². The highest BCUT2D eigenvalue weighted by atomic mass is 17.2. The second kappa shape index (κ2) is 11.2. The highest BCUT2D eigenvalue weighted by Gasteiger charge is 2.30. The van der Waals surface area contributed by atoms with E-state index in [-0.39, 0.29) is 38.7 Å². The monoisotopic (exact) mass is 358 g/mol. The minimum Gasteiger partial charge on any atom is -0.481 e. The van der Waals surface area contributed by atoms with Gasteiger partial charge in [-0.05, 0) is 33.9 Å². The van der Waals surface area contributed by atoms with Crippen LogP contribution in [0.15, 0.2) is 15.2 Å². The number of rotatable bonds is 11. The summed E-state index contributed by atoms with van der Waals surface area (Å²) < 4.78 is 0. The van der Waals surface area contributed by atoms with E-state index in [0.29, 0.717) is 6.42 Å². The summed E-state index contributed by atoms with van der Waals surface area (Å²) in [7, 11) is 0. The molecule has 0 fully saturated rings. The summed E-state index contributed by atoms with van der Waals surface area (Å²) in [6.07, 6.45) is 1.43. The largest absolute Gasteiger partial charge is 0.481 e. The van der Waals surface area contributed by atoms with Crippen LogP contribution >= 0.6 is 0 Å². The molecule has 10 nitrogen and oxygen atoms in total. The molecule has 0 saturated heterocycles. The third-order valence-electron chi connectivity index (χ3n) is 2.83. The lowest BCUT2D eigenvalue weighted by Crippen LogP contribution is -2.38.